The van der Waals surface area contributed by atoms with Gasteiger partial charge in [-0.3, -0.25) is 0 Å². The third-order valence-corrected chi connectivity index (χ3v) is 3.31. The van der Waals surface area contributed by atoms with Gasteiger partial charge < -0.3 is 30.5 Å². The van der Waals surface area contributed by atoms with E-state index < -0.39 is 36.6 Å². The number of carboxylic acid groups (broad SMARTS) is 1. The predicted octanol–water partition coefficient (Wildman–Crippen LogP) is -0.376. The second kappa shape index (κ2) is 5.76. The summed E-state index contributed by atoms with van der Waals surface area (Å²) in [5.74, 6) is -1.12. The highest BCUT2D eigenvalue weighted by Crippen LogP contribution is 2.24. The summed E-state index contributed by atoms with van der Waals surface area (Å²) in [7, 11) is 0. The van der Waals surface area contributed by atoms with E-state index in [2.05, 4.69) is 5.32 Å². The Balaban J connectivity index is 2.20. The lowest BCUT2D eigenvalue weighted by Crippen LogP contribution is -2.58. The molecule has 20 heavy (non-hydrogen) atoms. The van der Waals surface area contributed by atoms with Crippen molar-refractivity contribution in [3.05, 3.63) is 29.8 Å². The van der Waals surface area contributed by atoms with Crippen LogP contribution >= 0.6 is 0 Å². The normalized spacial score (nSPS) is 33.7. The number of hydrogen-bond donors (Lipinski definition) is 5. The smallest absolute Gasteiger partial charge is 0.337 e. The molecule has 1 aromatic carbocycles. The number of carbonyl (C=O) groups is 1. The highest BCUT2D eigenvalue weighted by atomic mass is 16.5. The van der Waals surface area contributed by atoms with Crippen LogP contribution in [-0.4, -0.2) is 57.0 Å². The molecule has 0 spiro atoms. The molecule has 0 bridgehead atoms. The fourth-order valence-corrected chi connectivity index (χ4v) is 2.12. The summed E-state index contributed by atoms with van der Waals surface area (Å²) in [4.78, 5) is 11.1. The van der Waals surface area contributed by atoms with E-state index in [9.17, 15) is 20.1 Å². The third-order valence-electron chi connectivity index (χ3n) is 3.31. The quantitative estimate of drug-likeness (QED) is 0.513. The topological polar surface area (TPSA) is 119 Å². The van der Waals surface area contributed by atoms with Crippen LogP contribution in [0.4, 0.5) is 5.69 Å². The lowest BCUT2D eigenvalue weighted by Gasteiger charge is -2.40. The van der Waals surface area contributed by atoms with Gasteiger partial charge in [0, 0.05) is 0 Å². The van der Waals surface area contributed by atoms with Gasteiger partial charge in [-0.2, -0.15) is 0 Å². The summed E-state index contributed by atoms with van der Waals surface area (Å²) < 4.78 is 5.36. The van der Waals surface area contributed by atoms with Crippen molar-refractivity contribution < 1.29 is 30.0 Å². The Morgan fingerprint density at radius 2 is 1.80 bits per heavy atom. The van der Waals surface area contributed by atoms with Crippen LogP contribution in [-0.2, 0) is 4.74 Å². The molecule has 110 valence electrons. The van der Waals surface area contributed by atoms with Gasteiger partial charge in [0.15, 0.2) is 6.23 Å². The zero-order valence-corrected chi connectivity index (χ0v) is 10.8. The molecule has 5 atom stereocenters. The Hall–Kier alpha value is -1.67. The van der Waals surface area contributed by atoms with Crippen molar-refractivity contribution in [3.63, 3.8) is 0 Å². The average molecular weight is 283 g/mol. The molecule has 1 fully saturated rings. The maximum absolute atomic E-state index is 11.1. The first-order chi connectivity index (χ1) is 9.41. The Labute approximate surface area is 115 Å². The average Bonchev–Trinajstić information content (AvgIpc) is 2.43. The SMILES string of the molecule is C[C@@H]1O[C@H](Nc2ccccc2C(=O)O)[C@H](O)[C@@H](O)[C@@H]1O. The van der Waals surface area contributed by atoms with Gasteiger partial charge in [-0.1, -0.05) is 12.1 Å². The minimum absolute atomic E-state index is 0.0246. The van der Waals surface area contributed by atoms with Gasteiger partial charge in [0.1, 0.15) is 18.3 Å². The van der Waals surface area contributed by atoms with Crippen molar-refractivity contribution in [1.29, 1.82) is 0 Å². The Morgan fingerprint density at radius 3 is 2.45 bits per heavy atom. The maximum atomic E-state index is 11.1. The van der Waals surface area contributed by atoms with E-state index in [0.717, 1.165) is 0 Å². The Kier molecular flexibility index (Phi) is 4.24. The van der Waals surface area contributed by atoms with Crippen molar-refractivity contribution >= 4 is 11.7 Å². The van der Waals surface area contributed by atoms with E-state index in [1.54, 1.807) is 19.1 Å². The molecular weight excluding hydrogens is 266 g/mol. The van der Waals surface area contributed by atoms with Gasteiger partial charge in [-0.15, -0.1) is 0 Å². The molecule has 2 rings (SSSR count). The number of ether oxygens (including phenoxy) is 1. The number of para-hydroxylation sites is 1. The second-order valence-electron chi connectivity index (χ2n) is 4.73. The number of aliphatic hydroxyl groups excluding tert-OH is 3. The summed E-state index contributed by atoms with van der Waals surface area (Å²) in [5.41, 5.74) is 0.288. The molecule has 1 saturated heterocycles. The summed E-state index contributed by atoms with van der Waals surface area (Å²) in [5, 5.41) is 41.0. The minimum Gasteiger partial charge on any atom is -0.478 e. The van der Waals surface area contributed by atoms with Gasteiger partial charge in [-0.05, 0) is 19.1 Å². The van der Waals surface area contributed by atoms with E-state index in [0.29, 0.717) is 0 Å². The number of carboxylic acids is 1. The predicted molar refractivity (Wildman–Crippen MR) is 69.4 cm³/mol. The first-order valence-corrected chi connectivity index (χ1v) is 6.20. The van der Waals surface area contributed by atoms with Crippen LogP contribution in [0.2, 0.25) is 0 Å². The third kappa shape index (κ3) is 2.75. The number of aliphatic hydroxyl groups is 3. The molecule has 7 nitrogen and oxygen atoms in total. The van der Waals surface area contributed by atoms with E-state index in [-0.39, 0.29) is 11.3 Å². The lowest BCUT2D eigenvalue weighted by atomic mass is 9.99. The zero-order chi connectivity index (χ0) is 14.9. The minimum atomic E-state index is -1.37. The number of aromatic carboxylic acids is 1. The molecule has 1 aliphatic rings. The van der Waals surface area contributed by atoms with Crippen LogP contribution < -0.4 is 5.32 Å². The van der Waals surface area contributed by atoms with Crippen LogP contribution in [0.3, 0.4) is 0 Å². The molecule has 1 heterocycles. The van der Waals surface area contributed by atoms with Crippen molar-refractivity contribution in [3.8, 4) is 0 Å². The molecule has 7 heteroatoms. The fraction of sp³-hybridized carbons (Fsp3) is 0.462. The summed E-state index contributed by atoms with van der Waals surface area (Å²) in [6, 6.07) is 6.16. The van der Waals surface area contributed by atoms with Gasteiger partial charge in [-0.25, -0.2) is 4.79 Å². The molecule has 0 unspecified atom stereocenters. The molecule has 0 aromatic heterocycles. The lowest BCUT2D eigenvalue weighted by molar-refractivity contribution is -0.209. The monoisotopic (exact) mass is 283 g/mol. The van der Waals surface area contributed by atoms with Crippen molar-refractivity contribution in [2.75, 3.05) is 5.32 Å². The van der Waals surface area contributed by atoms with E-state index >= 15 is 0 Å². The fourth-order valence-electron chi connectivity index (χ4n) is 2.12. The molecule has 1 aromatic rings. The highest BCUT2D eigenvalue weighted by molar-refractivity contribution is 5.94. The van der Waals surface area contributed by atoms with Gasteiger partial charge in [0.2, 0.25) is 0 Å². The molecule has 5 N–H and O–H groups in total. The van der Waals surface area contributed by atoms with Crippen LogP contribution in [0.5, 0.6) is 0 Å². The van der Waals surface area contributed by atoms with Crippen molar-refractivity contribution in [1.82, 2.24) is 0 Å². The number of rotatable bonds is 3. The molecular formula is C13H17NO6. The number of nitrogens with one attached hydrogen (secondary N) is 1. The van der Waals surface area contributed by atoms with Crippen LogP contribution in [0.15, 0.2) is 24.3 Å². The van der Waals surface area contributed by atoms with E-state index in [1.807, 2.05) is 0 Å². The van der Waals surface area contributed by atoms with Crippen molar-refractivity contribution in [2.45, 2.75) is 37.6 Å². The maximum Gasteiger partial charge on any atom is 0.337 e. The second-order valence-corrected chi connectivity index (χ2v) is 4.73. The zero-order valence-electron chi connectivity index (χ0n) is 10.8. The Morgan fingerprint density at radius 1 is 1.15 bits per heavy atom. The Bertz CT molecular complexity index is 494. The number of benzene rings is 1. The van der Waals surface area contributed by atoms with Gasteiger partial charge in [0.25, 0.3) is 0 Å². The van der Waals surface area contributed by atoms with E-state index in [1.165, 1.54) is 12.1 Å². The summed E-state index contributed by atoms with van der Waals surface area (Å²) in [6.45, 7) is 1.55. The van der Waals surface area contributed by atoms with Gasteiger partial charge >= 0.3 is 5.97 Å². The molecule has 0 saturated carbocycles. The molecule has 0 aliphatic carbocycles. The van der Waals surface area contributed by atoms with Crippen LogP contribution in [0.1, 0.15) is 17.3 Å². The largest absolute Gasteiger partial charge is 0.478 e. The highest BCUT2D eigenvalue weighted by Gasteiger charge is 2.41. The van der Waals surface area contributed by atoms with E-state index in [4.69, 9.17) is 9.84 Å². The molecule has 1 aliphatic heterocycles. The summed E-state index contributed by atoms with van der Waals surface area (Å²) >= 11 is 0. The standard InChI is InChI=1S/C13H17NO6/c1-6-9(15)10(16)11(17)12(20-6)14-8-5-3-2-4-7(8)13(18)19/h2-6,9-12,14-17H,1H3,(H,18,19)/t6-,9+,10-,11+,12-/m0/s1. The van der Waals surface area contributed by atoms with Crippen LogP contribution in [0, 0.1) is 0 Å². The molecule has 0 amide bonds. The van der Waals surface area contributed by atoms with Gasteiger partial charge in [0.05, 0.1) is 17.4 Å². The first kappa shape index (κ1) is 14.7. The summed E-state index contributed by atoms with van der Waals surface area (Å²) in [6.07, 6.45) is -5.64. The van der Waals surface area contributed by atoms with Crippen LogP contribution in [0.25, 0.3) is 0 Å². The first-order valence-electron chi connectivity index (χ1n) is 6.20. The number of hydrogen-bond acceptors (Lipinski definition) is 6. The number of anilines is 1. The molecule has 0 radical (unpaired) electrons. The van der Waals surface area contributed by atoms with Crippen molar-refractivity contribution in [2.24, 2.45) is 0 Å².